The number of allylic oxidation sites excluding steroid dienone is 1. The quantitative estimate of drug-likeness (QED) is 0.839. The molecule has 0 amide bonds. The lowest BCUT2D eigenvalue weighted by atomic mass is 10.0. The van der Waals surface area contributed by atoms with Gasteiger partial charge in [-0.15, -0.1) is 0 Å². The van der Waals surface area contributed by atoms with Gasteiger partial charge >= 0.3 is 5.97 Å². The zero-order chi connectivity index (χ0) is 11.5. The third kappa shape index (κ3) is 2.32. The van der Waals surface area contributed by atoms with Crippen molar-refractivity contribution in [1.82, 2.24) is 0 Å². The van der Waals surface area contributed by atoms with Gasteiger partial charge in [-0.1, -0.05) is 48.9 Å². The van der Waals surface area contributed by atoms with Gasteiger partial charge in [0.2, 0.25) is 0 Å². The second kappa shape index (κ2) is 4.52. The molecule has 2 rings (SSSR count). The third-order valence-corrected chi connectivity index (χ3v) is 3.14. The normalized spacial score (nSPS) is 24.2. The summed E-state index contributed by atoms with van der Waals surface area (Å²) in [6.07, 6.45) is 3.87. The van der Waals surface area contributed by atoms with Crippen LogP contribution in [0, 0.1) is 11.8 Å². The highest BCUT2D eigenvalue weighted by atomic mass is 16.4. The number of rotatable bonds is 4. The van der Waals surface area contributed by atoms with Crippen LogP contribution >= 0.6 is 0 Å². The molecule has 0 aliphatic heterocycles. The van der Waals surface area contributed by atoms with Gasteiger partial charge < -0.3 is 5.11 Å². The highest BCUT2D eigenvalue weighted by Crippen LogP contribution is 2.45. The number of benzene rings is 1. The lowest BCUT2D eigenvalue weighted by Crippen LogP contribution is -2.00. The van der Waals surface area contributed by atoms with E-state index in [1.165, 1.54) is 5.57 Å². The van der Waals surface area contributed by atoms with E-state index in [-0.39, 0.29) is 11.8 Å². The average Bonchev–Trinajstić information content (AvgIpc) is 3.07. The molecule has 1 N–H and O–H groups in total. The molecule has 2 unspecified atom stereocenters. The molecule has 2 heteroatoms. The van der Waals surface area contributed by atoms with E-state index in [9.17, 15) is 4.79 Å². The molecule has 1 aliphatic rings. The summed E-state index contributed by atoms with van der Waals surface area (Å²) in [5, 5.41) is 8.91. The van der Waals surface area contributed by atoms with Crippen LogP contribution in [0.4, 0.5) is 0 Å². The standard InChI is InChI=1S/C14H16O2/c1-2-11(12-9-13(12)14(15)16)8-10-6-4-3-5-7-10/h3-8,12-13H,2,9H2,1H3,(H,15,16). The molecular formula is C14H16O2. The fraction of sp³-hybridized carbons (Fsp3) is 0.357. The molecule has 0 bridgehead atoms. The third-order valence-electron chi connectivity index (χ3n) is 3.14. The van der Waals surface area contributed by atoms with E-state index < -0.39 is 5.97 Å². The Bertz CT molecular complexity index is 406. The van der Waals surface area contributed by atoms with Crippen molar-refractivity contribution in [2.24, 2.45) is 11.8 Å². The van der Waals surface area contributed by atoms with E-state index in [1.807, 2.05) is 30.3 Å². The first-order chi connectivity index (χ1) is 7.72. The molecule has 0 radical (unpaired) electrons. The molecule has 0 spiro atoms. The minimum Gasteiger partial charge on any atom is -0.481 e. The topological polar surface area (TPSA) is 37.3 Å². The molecule has 1 fully saturated rings. The van der Waals surface area contributed by atoms with Crippen molar-refractivity contribution in [2.75, 3.05) is 0 Å². The molecule has 0 saturated heterocycles. The first-order valence-electron chi connectivity index (χ1n) is 5.70. The van der Waals surface area contributed by atoms with Crippen LogP contribution in [0.5, 0.6) is 0 Å². The van der Waals surface area contributed by atoms with E-state index in [1.54, 1.807) is 0 Å². The summed E-state index contributed by atoms with van der Waals surface area (Å²) >= 11 is 0. The number of aliphatic carboxylic acids is 1. The minimum absolute atomic E-state index is 0.144. The number of hydrogen-bond acceptors (Lipinski definition) is 1. The van der Waals surface area contributed by atoms with Crippen LogP contribution in [0.15, 0.2) is 35.9 Å². The summed E-state index contributed by atoms with van der Waals surface area (Å²) in [7, 11) is 0. The molecule has 1 aromatic carbocycles. The average molecular weight is 216 g/mol. The number of hydrogen-bond donors (Lipinski definition) is 1. The summed E-state index contributed by atoms with van der Waals surface area (Å²) in [5.41, 5.74) is 2.42. The van der Waals surface area contributed by atoms with Crippen molar-refractivity contribution in [3.05, 3.63) is 41.5 Å². The van der Waals surface area contributed by atoms with Gasteiger partial charge in [0.25, 0.3) is 0 Å². The maximum atomic E-state index is 10.8. The Balaban J connectivity index is 2.13. The van der Waals surface area contributed by atoms with Crippen LogP contribution in [0.3, 0.4) is 0 Å². The lowest BCUT2D eigenvalue weighted by Gasteiger charge is -2.03. The maximum absolute atomic E-state index is 10.8. The molecule has 1 aliphatic carbocycles. The molecule has 2 nitrogen and oxygen atoms in total. The fourth-order valence-electron chi connectivity index (χ4n) is 2.11. The van der Waals surface area contributed by atoms with Gasteiger partial charge in [-0.2, -0.15) is 0 Å². The van der Waals surface area contributed by atoms with E-state index in [2.05, 4.69) is 13.0 Å². The first-order valence-corrected chi connectivity index (χ1v) is 5.70. The first kappa shape index (κ1) is 10.9. The van der Waals surface area contributed by atoms with Crippen LogP contribution in [0.25, 0.3) is 6.08 Å². The molecule has 0 aromatic heterocycles. The predicted molar refractivity (Wildman–Crippen MR) is 63.9 cm³/mol. The minimum atomic E-state index is -0.655. The van der Waals surface area contributed by atoms with Crippen LogP contribution in [-0.2, 0) is 4.79 Å². The molecule has 84 valence electrons. The van der Waals surface area contributed by atoms with Crippen LogP contribution < -0.4 is 0 Å². The van der Waals surface area contributed by atoms with Gasteiger partial charge in [-0.25, -0.2) is 0 Å². The van der Waals surface area contributed by atoms with Crippen molar-refractivity contribution >= 4 is 12.0 Å². The zero-order valence-electron chi connectivity index (χ0n) is 9.39. The highest BCUT2D eigenvalue weighted by Gasteiger charge is 2.44. The molecule has 1 aromatic rings. The summed E-state index contributed by atoms with van der Waals surface area (Å²) in [6, 6.07) is 10.1. The Morgan fingerprint density at radius 3 is 2.56 bits per heavy atom. The Morgan fingerprint density at radius 1 is 1.38 bits per heavy atom. The second-order valence-corrected chi connectivity index (χ2v) is 4.27. The lowest BCUT2D eigenvalue weighted by molar-refractivity contribution is -0.138. The number of carbonyl (C=O) groups is 1. The largest absolute Gasteiger partial charge is 0.481 e. The van der Waals surface area contributed by atoms with Crippen molar-refractivity contribution in [1.29, 1.82) is 0 Å². The molecule has 1 saturated carbocycles. The van der Waals surface area contributed by atoms with Gasteiger partial charge in [-0.3, -0.25) is 4.79 Å². The van der Waals surface area contributed by atoms with Gasteiger partial charge in [0.15, 0.2) is 0 Å². The van der Waals surface area contributed by atoms with Gasteiger partial charge in [-0.05, 0) is 24.3 Å². The van der Waals surface area contributed by atoms with E-state index >= 15 is 0 Å². The predicted octanol–water partition coefficient (Wildman–Crippen LogP) is 3.20. The summed E-state index contributed by atoms with van der Waals surface area (Å²) < 4.78 is 0. The number of carboxylic acids is 1. The Kier molecular flexibility index (Phi) is 3.09. The van der Waals surface area contributed by atoms with Crippen LogP contribution in [0.1, 0.15) is 25.3 Å². The maximum Gasteiger partial charge on any atom is 0.307 e. The van der Waals surface area contributed by atoms with E-state index in [4.69, 9.17) is 5.11 Å². The molecular weight excluding hydrogens is 200 g/mol. The smallest absolute Gasteiger partial charge is 0.307 e. The van der Waals surface area contributed by atoms with Gasteiger partial charge in [0, 0.05) is 0 Å². The van der Waals surface area contributed by atoms with E-state index in [0.29, 0.717) is 0 Å². The second-order valence-electron chi connectivity index (χ2n) is 4.27. The number of carboxylic acid groups (broad SMARTS) is 1. The fourth-order valence-corrected chi connectivity index (χ4v) is 2.11. The summed E-state index contributed by atoms with van der Waals surface area (Å²) in [4.78, 5) is 10.8. The zero-order valence-corrected chi connectivity index (χ0v) is 9.39. The van der Waals surface area contributed by atoms with Crippen LogP contribution in [-0.4, -0.2) is 11.1 Å². The van der Waals surface area contributed by atoms with Crippen LogP contribution in [0.2, 0.25) is 0 Å². The van der Waals surface area contributed by atoms with Gasteiger partial charge in [0.1, 0.15) is 0 Å². The molecule has 2 atom stereocenters. The van der Waals surface area contributed by atoms with Crippen molar-refractivity contribution in [2.45, 2.75) is 19.8 Å². The highest BCUT2D eigenvalue weighted by molar-refractivity contribution is 5.75. The van der Waals surface area contributed by atoms with Crippen molar-refractivity contribution < 1.29 is 9.90 Å². The van der Waals surface area contributed by atoms with Gasteiger partial charge in [0.05, 0.1) is 5.92 Å². The molecule has 16 heavy (non-hydrogen) atoms. The summed E-state index contributed by atoms with van der Waals surface area (Å²) in [6.45, 7) is 2.09. The SMILES string of the molecule is CCC(=Cc1ccccc1)C1CC1C(=O)O. The Morgan fingerprint density at radius 2 is 2.06 bits per heavy atom. The summed E-state index contributed by atoms with van der Waals surface area (Å²) in [5.74, 6) is -0.532. The Labute approximate surface area is 95.6 Å². The van der Waals surface area contributed by atoms with Crippen molar-refractivity contribution in [3.63, 3.8) is 0 Å². The Hall–Kier alpha value is -1.57. The molecule has 0 heterocycles. The van der Waals surface area contributed by atoms with Crippen molar-refractivity contribution in [3.8, 4) is 0 Å². The van der Waals surface area contributed by atoms with E-state index in [0.717, 1.165) is 18.4 Å². The monoisotopic (exact) mass is 216 g/mol.